The van der Waals surface area contributed by atoms with Crippen LogP contribution in [-0.4, -0.2) is 18.3 Å². The third kappa shape index (κ3) is 4.99. The van der Waals surface area contributed by atoms with Crippen LogP contribution in [-0.2, 0) is 0 Å². The molecule has 4 aromatic heterocycles. The minimum atomic E-state index is 1.11. The molecule has 64 heavy (non-hydrogen) atoms. The van der Waals surface area contributed by atoms with Crippen molar-refractivity contribution in [3.63, 3.8) is 0 Å². The zero-order valence-corrected chi connectivity index (χ0v) is 34.7. The Morgan fingerprint density at radius 1 is 0.172 bits per heavy atom. The molecule has 0 radical (unpaired) electrons. The van der Waals surface area contributed by atoms with Gasteiger partial charge in [-0.05, 0) is 102 Å². The van der Waals surface area contributed by atoms with Crippen molar-refractivity contribution in [2.24, 2.45) is 0 Å². The lowest BCUT2D eigenvalue weighted by molar-refractivity contribution is 1.13. The fourth-order valence-electron chi connectivity index (χ4n) is 10.8. The van der Waals surface area contributed by atoms with Gasteiger partial charge in [-0.3, -0.25) is 0 Å². The summed E-state index contributed by atoms with van der Waals surface area (Å²) in [6, 6.07) is 84.6. The van der Waals surface area contributed by atoms with Gasteiger partial charge in [0, 0.05) is 65.8 Å². The minimum Gasteiger partial charge on any atom is -0.309 e. The standard InChI is InChI=1S/C60H38N4/c1-4-18-39(19-5-1)40-32-43(63-55-30-16-12-26-47(55)51-35-57-49(37-59(51)63)45-24-10-14-28-53(45)61(57)41-20-6-2-7-21-41)34-44(33-40)64-56-31-17-13-27-48(56)52-36-58-50(38-60(52)64)46-25-11-15-29-54(46)62(58)42-22-8-3-9-23-42/h1-38H. The average Bonchev–Trinajstić information content (AvgIpc) is 4.08. The summed E-state index contributed by atoms with van der Waals surface area (Å²) in [6.07, 6.45) is 0. The Kier molecular flexibility index (Phi) is 7.36. The van der Waals surface area contributed by atoms with Crippen LogP contribution in [0.2, 0.25) is 0 Å². The lowest BCUT2D eigenvalue weighted by Crippen LogP contribution is -2.00. The van der Waals surface area contributed by atoms with Crippen LogP contribution in [0.1, 0.15) is 0 Å². The molecule has 0 atom stereocenters. The molecule has 298 valence electrons. The zero-order chi connectivity index (χ0) is 41.9. The molecule has 0 saturated carbocycles. The molecule has 0 amide bonds. The molecule has 14 rings (SSSR count). The Labute approximate surface area is 368 Å². The second-order valence-corrected chi connectivity index (χ2v) is 17.0. The monoisotopic (exact) mass is 814 g/mol. The van der Waals surface area contributed by atoms with Crippen LogP contribution in [0.4, 0.5) is 0 Å². The molecule has 0 spiro atoms. The molecule has 4 heteroatoms. The summed E-state index contributed by atoms with van der Waals surface area (Å²) in [6.45, 7) is 0. The molecule has 4 nitrogen and oxygen atoms in total. The third-order valence-corrected chi connectivity index (χ3v) is 13.5. The van der Waals surface area contributed by atoms with E-state index in [1.165, 1.54) is 92.8 Å². The van der Waals surface area contributed by atoms with Crippen LogP contribution in [0.15, 0.2) is 231 Å². The number of para-hydroxylation sites is 6. The maximum atomic E-state index is 2.49. The van der Waals surface area contributed by atoms with Crippen molar-refractivity contribution >= 4 is 87.2 Å². The van der Waals surface area contributed by atoms with E-state index in [1.807, 2.05) is 0 Å². The van der Waals surface area contributed by atoms with Gasteiger partial charge in [0.15, 0.2) is 0 Å². The molecule has 10 aromatic carbocycles. The largest absolute Gasteiger partial charge is 0.309 e. The smallest absolute Gasteiger partial charge is 0.0548 e. The first-order chi connectivity index (χ1) is 31.8. The number of hydrogen-bond donors (Lipinski definition) is 0. The van der Waals surface area contributed by atoms with Gasteiger partial charge in [-0.2, -0.15) is 0 Å². The lowest BCUT2D eigenvalue weighted by Gasteiger charge is -2.16. The summed E-state index contributed by atoms with van der Waals surface area (Å²) < 4.78 is 9.82. The second-order valence-electron chi connectivity index (χ2n) is 17.0. The van der Waals surface area contributed by atoms with Crippen LogP contribution in [0.3, 0.4) is 0 Å². The maximum absolute atomic E-state index is 2.49. The van der Waals surface area contributed by atoms with Gasteiger partial charge in [0.1, 0.15) is 0 Å². The van der Waals surface area contributed by atoms with Gasteiger partial charge in [0.25, 0.3) is 0 Å². The van der Waals surface area contributed by atoms with Crippen molar-refractivity contribution in [1.82, 2.24) is 18.3 Å². The van der Waals surface area contributed by atoms with Crippen LogP contribution in [0.25, 0.3) is 121 Å². The van der Waals surface area contributed by atoms with E-state index in [2.05, 4.69) is 249 Å². The number of aromatic nitrogens is 4. The molecule has 0 aliphatic carbocycles. The van der Waals surface area contributed by atoms with Gasteiger partial charge in [-0.1, -0.05) is 140 Å². The van der Waals surface area contributed by atoms with E-state index in [1.54, 1.807) is 0 Å². The predicted octanol–water partition coefficient (Wildman–Crippen LogP) is 15.7. The summed E-state index contributed by atoms with van der Waals surface area (Å²) in [5.41, 5.74) is 16.4. The number of benzene rings is 10. The molecule has 0 aliphatic rings. The Morgan fingerprint density at radius 3 is 0.797 bits per heavy atom. The molecular weight excluding hydrogens is 777 g/mol. The first-order valence-electron chi connectivity index (χ1n) is 22.0. The molecule has 0 fully saturated rings. The highest BCUT2D eigenvalue weighted by Crippen LogP contribution is 2.43. The van der Waals surface area contributed by atoms with Gasteiger partial charge in [-0.15, -0.1) is 0 Å². The van der Waals surface area contributed by atoms with E-state index >= 15 is 0 Å². The first kappa shape index (κ1) is 35.0. The number of hydrogen-bond acceptors (Lipinski definition) is 0. The van der Waals surface area contributed by atoms with Gasteiger partial charge >= 0.3 is 0 Å². The first-order valence-corrected chi connectivity index (χ1v) is 22.0. The summed E-state index contributed by atoms with van der Waals surface area (Å²) in [4.78, 5) is 0. The van der Waals surface area contributed by atoms with Crippen molar-refractivity contribution in [3.05, 3.63) is 231 Å². The van der Waals surface area contributed by atoms with E-state index in [4.69, 9.17) is 0 Å². The molecule has 0 N–H and O–H groups in total. The highest BCUT2D eigenvalue weighted by Gasteiger charge is 2.22. The summed E-state index contributed by atoms with van der Waals surface area (Å²) in [5.74, 6) is 0. The Morgan fingerprint density at radius 2 is 0.453 bits per heavy atom. The van der Waals surface area contributed by atoms with Crippen LogP contribution >= 0.6 is 0 Å². The number of fused-ring (bicyclic) bond motifs is 12. The normalized spacial score (nSPS) is 12.1. The van der Waals surface area contributed by atoms with Gasteiger partial charge < -0.3 is 18.3 Å². The molecule has 14 aromatic rings. The van der Waals surface area contributed by atoms with E-state index in [0.29, 0.717) is 0 Å². The van der Waals surface area contributed by atoms with Crippen molar-refractivity contribution in [2.45, 2.75) is 0 Å². The SMILES string of the molecule is c1ccc(-c2cc(-n3c4ccccc4c4cc5c(cc43)c3ccccc3n5-c3ccccc3)cc(-n3c4ccccc4c4cc5c(cc43)c3ccccc3n5-c3ccccc3)c2)cc1. The average molecular weight is 815 g/mol. The van der Waals surface area contributed by atoms with Crippen molar-refractivity contribution in [1.29, 1.82) is 0 Å². The fraction of sp³-hybridized carbons (Fsp3) is 0. The van der Waals surface area contributed by atoms with Crippen LogP contribution in [0.5, 0.6) is 0 Å². The second kappa shape index (κ2) is 13.4. The summed E-state index contributed by atoms with van der Waals surface area (Å²) in [7, 11) is 0. The molecule has 0 aliphatic heterocycles. The Hall–Kier alpha value is -8.60. The van der Waals surface area contributed by atoms with Crippen LogP contribution in [0, 0.1) is 0 Å². The topological polar surface area (TPSA) is 19.7 Å². The maximum Gasteiger partial charge on any atom is 0.0548 e. The van der Waals surface area contributed by atoms with Crippen molar-refractivity contribution in [2.75, 3.05) is 0 Å². The van der Waals surface area contributed by atoms with E-state index in [9.17, 15) is 0 Å². The molecule has 0 saturated heterocycles. The van der Waals surface area contributed by atoms with E-state index in [-0.39, 0.29) is 0 Å². The molecule has 0 bridgehead atoms. The van der Waals surface area contributed by atoms with Gasteiger partial charge in [0.05, 0.1) is 44.1 Å². The van der Waals surface area contributed by atoms with Gasteiger partial charge in [0.2, 0.25) is 0 Å². The van der Waals surface area contributed by atoms with Gasteiger partial charge in [-0.25, -0.2) is 0 Å². The quantitative estimate of drug-likeness (QED) is 0.165. The predicted molar refractivity (Wildman–Crippen MR) is 269 cm³/mol. The Bertz CT molecular complexity index is 3920. The minimum absolute atomic E-state index is 1.11. The molecule has 4 heterocycles. The van der Waals surface area contributed by atoms with E-state index in [0.717, 1.165) is 28.3 Å². The zero-order valence-electron chi connectivity index (χ0n) is 34.7. The highest BCUT2D eigenvalue weighted by atomic mass is 15.0. The van der Waals surface area contributed by atoms with Crippen molar-refractivity contribution < 1.29 is 0 Å². The van der Waals surface area contributed by atoms with E-state index < -0.39 is 0 Å². The number of nitrogens with zero attached hydrogens (tertiary/aromatic N) is 4. The number of rotatable bonds is 5. The summed E-state index contributed by atoms with van der Waals surface area (Å²) in [5, 5.41) is 9.85. The lowest BCUT2D eigenvalue weighted by atomic mass is 10.0. The molecular formula is C60H38N4. The molecule has 0 unspecified atom stereocenters. The fourth-order valence-corrected chi connectivity index (χ4v) is 10.8. The van der Waals surface area contributed by atoms with Crippen molar-refractivity contribution in [3.8, 4) is 33.9 Å². The Balaban J connectivity index is 1.09. The third-order valence-electron chi connectivity index (χ3n) is 13.5. The highest BCUT2D eigenvalue weighted by molar-refractivity contribution is 6.20. The summed E-state index contributed by atoms with van der Waals surface area (Å²) >= 11 is 0. The van der Waals surface area contributed by atoms with Crippen LogP contribution < -0.4 is 0 Å².